The third-order valence-electron chi connectivity index (χ3n) is 3.41. The third-order valence-corrected chi connectivity index (χ3v) is 3.90. The summed E-state index contributed by atoms with van der Waals surface area (Å²) in [4.78, 5) is 0. The Morgan fingerprint density at radius 2 is 1.65 bits per heavy atom. The minimum atomic E-state index is -0.302. The van der Waals surface area contributed by atoms with Crippen LogP contribution in [0.3, 0.4) is 0 Å². The van der Waals surface area contributed by atoms with Gasteiger partial charge in [-0.25, -0.2) is 8.78 Å². The highest BCUT2D eigenvalue weighted by Gasteiger charge is 2.20. The summed E-state index contributed by atoms with van der Waals surface area (Å²) in [6.07, 6.45) is 0. The Morgan fingerprint density at radius 1 is 1.05 bits per heavy atom. The molecule has 20 heavy (non-hydrogen) atoms. The number of aryl methyl sites for hydroxylation is 2. The summed E-state index contributed by atoms with van der Waals surface area (Å²) in [7, 11) is 1.77. The highest BCUT2D eigenvalue weighted by atomic mass is 79.9. The normalized spacial score (nSPS) is 12.5. The van der Waals surface area contributed by atoms with Gasteiger partial charge in [0.15, 0.2) is 0 Å². The Morgan fingerprint density at radius 3 is 2.15 bits per heavy atom. The van der Waals surface area contributed by atoms with Crippen LogP contribution in [0.5, 0.6) is 0 Å². The maximum Gasteiger partial charge on any atom is 0.129 e. The van der Waals surface area contributed by atoms with Crippen LogP contribution >= 0.6 is 15.9 Å². The van der Waals surface area contributed by atoms with Crippen LogP contribution in [0, 0.1) is 25.5 Å². The lowest BCUT2D eigenvalue weighted by Crippen LogP contribution is -2.21. The van der Waals surface area contributed by atoms with Gasteiger partial charge in [-0.3, -0.25) is 0 Å². The van der Waals surface area contributed by atoms with Crippen LogP contribution in [0.4, 0.5) is 8.78 Å². The highest BCUT2D eigenvalue weighted by molar-refractivity contribution is 9.10. The molecular weight excluding hydrogens is 324 g/mol. The summed E-state index contributed by atoms with van der Waals surface area (Å²) < 4.78 is 28.3. The Labute approximate surface area is 126 Å². The summed E-state index contributed by atoms with van der Waals surface area (Å²) in [5.41, 5.74) is 3.08. The topological polar surface area (TPSA) is 12.0 Å². The van der Waals surface area contributed by atoms with Crippen molar-refractivity contribution in [2.75, 3.05) is 7.05 Å². The number of rotatable bonds is 3. The Kier molecular flexibility index (Phi) is 4.55. The molecule has 0 aliphatic carbocycles. The molecule has 106 valence electrons. The quantitative estimate of drug-likeness (QED) is 0.857. The first kappa shape index (κ1) is 15.1. The van der Waals surface area contributed by atoms with Crippen molar-refractivity contribution in [3.8, 4) is 0 Å². The molecule has 0 fully saturated rings. The maximum absolute atomic E-state index is 14.2. The van der Waals surface area contributed by atoms with Gasteiger partial charge in [-0.05, 0) is 61.9 Å². The lowest BCUT2D eigenvalue weighted by Gasteiger charge is -2.22. The standard InChI is InChI=1S/C16H16BrF2N/c1-9-6-12(18)7-10(2)15(9)16(20-3)13-5-4-11(17)8-14(13)19/h4-8,16,20H,1-3H3. The van der Waals surface area contributed by atoms with E-state index in [9.17, 15) is 8.78 Å². The molecule has 1 nitrogen and oxygen atoms in total. The largest absolute Gasteiger partial charge is 0.309 e. The van der Waals surface area contributed by atoms with E-state index < -0.39 is 0 Å². The van der Waals surface area contributed by atoms with Crippen molar-refractivity contribution >= 4 is 15.9 Å². The summed E-state index contributed by atoms with van der Waals surface area (Å²) in [6, 6.07) is 7.63. The molecule has 0 spiro atoms. The van der Waals surface area contributed by atoms with Gasteiger partial charge in [0.05, 0.1) is 6.04 Å². The van der Waals surface area contributed by atoms with Gasteiger partial charge in [0.1, 0.15) is 11.6 Å². The predicted octanol–water partition coefficient (Wildman–Crippen LogP) is 4.65. The summed E-state index contributed by atoms with van der Waals surface area (Å²) in [5.74, 6) is -0.559. The SMILES string of the molecule is CNC(c1ccc(Br)cc1F)c1c(C)cc(F)cc1C. The van der Waals surface area contributed by atoms with Gasteiger partial charge in [-0.2, -0.15) is 0 Å². The van der Waals surface area contributed by atoms with Crippen LogP contribution in [0.1, 0.15) is 28.3 Å². The second kappa shape index (κ2) is 6.02. The summed E-state index contributed by atoms with van der Waals surface area (Å²) in [6.45, 7) is 3.68. The zero-order chi connectivity index (χ0) is 14.9. The van der Waals surface area contributed by atoms with Crippen molar-refractivity contribution in [2.45, 2.75) is 19.9 Å². The first-order valence-electron chi connectivity index (χ1n) is 6.33. The molecule has 0 heterocycles. The molecule has 1 unspecified atom stereocenters. The molecule has 0 saturated heterocycles. The second-order valence-corrected chi connectivity index (χ2v) is 5.76. The van der Waals surface area contributed by atoms with E-state index in [2.05, 4.69) is 21.2 Å². The first-order valence-corrected chi connectivity index (χ1v) is 7.12. The Balaban J connectivity index is 2.58. The smallest absolute Gasteiger partial charge is 0.129 e. The van der Waals surface area contributed by atoms with Gasteiger partial charge in [0.25, 0.3) is 0 Å². The van der Waals surface area contributed by atoms with Gasteiger partial charge < -0.3 is 5.32 Å². The maximum atomic E-state index is 14.2. The lowest BCUT2D eigenvalue weighted by molar-refractivity contribution is 0.571. The second-order valence-electron chi connectivity index (χ2n) is 4.84. The van der Waals surface area contributed by atoms with E-state index in [1.807, 2.05) is 13.8 Å². The number of benzene rings is 2. The van der Waals surface area contributed by atoms with Crippen molar-refractivity contribution in [3.63, 3.8) is 0 Å². The first-order chi connectivity index (χ1) is 9.43. The molecule has 0 aromatic heterocycles. The van der Waals surface area contributed by atoms with E-state index in [1.54, 1.807) is 19.2 Å². The molecule has 0 bridgehead atoms. The van der Waals surface area contributed by atoms with Crippen molar-refractivity contribution in [2.24, 2.45) is 0 Å². The Hall–Kier alpha value is -1.26. The number of nitrogens with one attached hydrogen (secondary N) is 1. The van der Waals surface area contributed by atoms with Crippen LogP contribution in [0.15, 0.2) is 34.8 Å². The number of halogens is 3. The fraction of sp³-hybridized carbons (Fsp3) is 0.250. The third kappa shape index (κ3) is 2.91. The number of hydrogen-bond donors (Lipinski definition) is 1. The molecule has 1 N–H and O–H groups in total. The molecule has 2 rings (SSSR count). The zero-order valence-corrected chi connectivity index (χ0v) is 13.2. The molecule has 0 aliphatic rings. The average molecular weight is 340 g/mol. The molecule has 0 aliphatic heterocycles. The molecule has 2 aromatic carbocycles. The fourth-order valence-electron chi connectivity index (χ4n) is 2.57. The average Bonchev–Trinajstić information content (AvgIpc) is 2.34. The monoisotopic (exact) mass is 339 g/mol. The van der Waals surface area contributed by atoms with Gasteiger partial charge in [-0.1, -0.05) is 22.0 Å². The summed E-state index contributed by atoms with van der Waals surface area (Å²) >= 11 is 3.25. The van der Waals surface area contributed by atoms with Crippen LogP contribution in [0.25, 0.3) is 0 Å². The zero-order valence-electron chi connectivity index (χ0n) is 11.6. The lowest BCUT2D eigenvalue weighted by atomic mass is 9.91. The predicted molar refractivity (Wildman–Crippen MR) is 80.9 cm³/mol. The van der Waals surface area contributed by atoms with E-state index in [0.717, 1.165) is 16.7 Å². The Bertz CT molecular complexity index is 617. The van der Waals surface area contributed by atoms with Crippen molar-refractivity contribution in [3.05, 3.63) is 68.7 Å². The molecular formula is C16H16BrF2N. The highest BCUT2D eigenvalue weighted by Crippen LogP contribution is 2.31. The molecule has 1 atom stereocenters. The minimum Gasteiger partial charge on any atom is -0.309 e. The van der Waals surface area contributed by atoms with Crippen molar-refractivity contribution in [1.29, 1.82) is 0 Å². The minimum absolute atomic E-state index is 0.269. The molecule has 0 amide bonds. The van der Waals surface area contributed by atoms with Gasteiger partial charge in [0.2, 0.25) is 0 Å². The van der Waals surface area contributed by atoms with E-state index in [-0.39, 0.29) is 17.7 Å². The van der Waals surface area contributed by atoms with E-state index in [0.29, 0.717) is 10.0 Å². The van der Waals surface area contributed by atoms with Gasteiger partial charge in [-0.15, -0.1) is 0 Å². The molecule has 0 saturated carbocycles. The van der Waals surface area contributed by atoms with Gasteiger partial charge >= 0.3 is 0 Å². The fourth-order valence-corrected chi connectivity index (χ4v) is 2.90. The number of hydrogen-bond acceptors (Lipinski definition) is 1. The van der Waals surface area contributed by atoms with E-state index >= 15 is 0 Å². The van der Waals surface area contributed by atoms with Crippen LogP contribution in [-0.2, 0) is 0 Å². The van der Waals surface area contributed by atoms with Crippen molar-refractivity contribution < 1.29 is 8.78 Å². The van der Waals surface area contributed by atoms with Crippen LogP contribution in [-0.4, -0.2) is 7.05 Å². The van der Waals surface area contributed by atoms with E-state index in [4.69, 9.17) is 0 Å². The summed E-state index contributed by atoms with van der Waals surface area (Å²) in [5, 5.41) is 3.12. The van der Waals surface area contributed by atoms with Crippen LogP contribution in [0.2, 0.25) is 0 Å². The van der Waals surface area contributed by atoms with E-state index in [1.165, 1.54) is 18.2 Å². The van der Waals surface area contributed by atoms with Gasteiger partial charge in [0, 0.05) is 10.0 Å². The molecule has 4 heteroatoms. The molecule has 0 radical (unpaired) electrons. The van der Waals surface area contributed by atoms with Crippen molar-refractivity contribution in [1.82, 2.24) is 5.32 Å². The molecule has 2 aromatic rings. The van der Waals surface area contributed by atoms with Crippen LogP contribution < -0.4 is 5.32 Å².